The molecule has 0 aliphatic rings. The Morgan fingerprint density at radius 2 is 2.05 bits per heavy atom. The van der Waals surface area contributed by atoms with Crippen molar-refractivity contribution in [3.63, 3.8) is 0 Å². The van der Waals surface area contributed by atoms with Crippen molar-refractivity contribution in [3.05, 3.63) is 34.4 Å². The molecule has 1 aromatic carbocycles. The number of para-hydroxylation sites is 2. The van der Waals surface area contributed by atoms with Crippen LogP contribution in [0.1, 0.15) is 6.92 Å². The lowest BCUT2D eigenvalue weighted by atomic mass is 10.3. The van der Waals surface area contributed by atoms with Crippen LogP contribution >= 0.6 is 0 Å². The predicted octanol–water partition coefficient (Wildman–Crippen LogP) is 0.653. The zero-order chi connectivity index (χ0) is 15.0. The summed E-state index contributed by atoms with van der Waals surface area (Å²) in [5, 5.41) is 13.0. The molecule has 8 heteroatoms. The molecule has 0 aliphatic heterocycles. The van der Waals surface area contributed by atoms with Crippen molar-refractivity contribution in [2.75, 3.05) is 19.8 Å². The minimum absolute atomic E-state index is 0.0104. The van der Waals surface area contributed by atoms with Gasteiger partial charge in [0.15, 0.2) is 12.4 Å². The SMILES string of the molecule is CCOC(=O)CNC(=O)COc1ccccc1[N+](=O)[O-]. The molecule has 108 valence electrons. The number of carbonyl (C=O) groups is 2. The fourth-order valence-electron chi connectivity index (χ4n) is 1.31. The van der Waals surface area contributed by atoms with E-state index in [4.69, 9.17) is 4.74 Å². The first-order chi connectivity index (χ1) is 9.54. The summed E-state index contributed by atoms with van der Waals surface area (Å²) in [7, 11) is 0. The molecule has 0 atom stereocenters. The van der Waals surface area contributed by atoms with Gasteiger partial charge < -0.3 is 14.8 Å². The van der Waals surface area contributed by atoms with Gasteiger partial charge >= 0.3 is 11.7 Å². The van der Waals surface area contributed by atoms with Gasteiger partial charge in [0.25, 0.3) is 5.91 Å². The van der Waals surface area contributed by atoms with Crippen molar-refractivity contribution in [2.24, 2.45) is 0 Å². The Labute approximate surface area is 114 Å². The molecule has 0 bridgehead atoms. The molecule has 0 saturated carbocycles. The number of ether oxygens (including phenoxy) is 2. The quantitative estimate of drug-likeness (QED) is 0.447. The van der Waals surface area contributed by atoms with Crippen LogP contribution < -0.4 is 10.1 Å². The number of hydrogen-bond donors (Lipinski definition) is 1. The number of esters is 1. The molecule has 0 spiro atoms. The Morgan fingerprint density at radius 3 is 2.70 bits per heavy atom. The van der Waals surface area contributed by atoms with Crippen molar-refractivity contribution >= 4 is 17.6 Å². The summed E-state index contributed by atoms with van der Waals surface area (Å²) in [6.45, 7) is 1.18. The fourth-order valence-corrected chi connectivity index (χ4v) is 1.31. The molecule has 0 heterocycles. The van der Waals surface area contributed by atoms with Crippen molar-refractivity contribution in [3.8, 4) is 5.75 Å². The number of nitrogens with zero attached hydrogens (tertiary/aromatic N) is 1. The van der Waals surface area contributed by atoms with E-state index >= 15 is 0 Å². The van der Waals surface area contributed by atoms with Crippen LogP contribution in [0, 0.1) is 10.1 Å². The smallest absolute Gasteiger partial charge is 0.325 e. The summed E-state index contributed by atoms with van der Waals surface area (Å²) in [4.78, 5) is 32.5. The van der Waals surface area contributed by atoms with Crippen molar-refractivity contribution in [1.29, 1.82) is 0 Å². The fraction of sp³-hybridized carbons (Fsp3) is 0.333. The second-order valence-corrected chi connectivity index (χ2v) is 3.60. The van der Waals surface area contributed by atoms with E-state index in [2.05, 4.69) is 10.1 Å². The van der Waals surface area contributed by atoms with Gasteiger partial charge in [-0.3, -0.25) is 19.7 Å². The van der Waals surface area contributed by atoms with Gasteiger partial charge in [-0.1, -0.05) is 12.1 Å². The van der Waals surface area contributed by atoms with E-state index < -0.39 is 23.4 Å². The number of hydrogen-bond acceptors (Lipinski definition) is 6. The molecule has 1 amide bonds. The Morgan fingerprint density at radius 1 is 1.35 bits per heavy atom. The van der Waals surface area contributed by atoms with Crippen LogP contribution in [-0.2, 0) is 14.3 Å². The van der Waals surface area contributed by atoms with Gasteiger partial charge in [0, 0.05) is 6.07 Å². The van der Waals surface area contributed by atoms with Gasteiger partial charge in [0.05, 0.1) is 11.5 Å². The largest absolute Gasteiger partial charge is 0.477 e. The Hall–Kier alpha value is -2.64. The zero-order valence-corrected chi connectivity index (χ0v) is 10.8. The molecule has 0 unspecified atom stereocenters. The van der Waals surface area contributed by atoms with E-state index in [1.807, 2.05) is 0 Å². The molecular formula is C12H14N2O6. The summed E-state index contributed by atoms with van der Waals surface area (Å²) in [5.74, 6) is -1.15. The maximum atomic E-state index is 11.4. The third kappa shape index (κ3) is 4.92. The monoisotopic (exact) mass is 282 g/mol. The number of nitrogens with one attached hydrogen (secondary N) is 1. The molecule has 1 rings (SSSR count). The Balaban J connectivity index is 2.45. The van der Waals surface area contributed by atoms with E-state index in [9.17, 15) is 19.7 Å². The molecule has 1 N–H and O–H groups in total. The molecule has 0 aromatic heterocycles. The molecule has 1 aromatic rings. The zero-order valence-electron chi connectivity index (χ0n) is 10.8. The number of nitro groups is 1. The van der Waals surface area contributed by atoms with E-state index in [0.717, 1.165) is 0 Å². The molecule has 0 aliphatic carbocycles. The average Bonchev–Trinajstić information content (AvgIpc) is 2.43. The number of amides is 1. The van der Waals surface area contributed by atoms with Gasteiger partial charge in [-0.2, -0.15) is 0 Å². The molecule has 0 fully saturated rings. The van der Waals surface area contributed by atoms with Crippen LogP contribution in [0.5, 0.6) is 5.75 Å². The first kappa shape index (κ1) is 15.4. The number of benzene rings is 1. The lowest BCUT2D eigenvalue weighted by Crippen LogP contribution is -2.34. The lowest BCUT2D eigenvalue weighted by molar-refractivity contribution is -0.385. The Kier molecular flexibility index (Phi) is 5.95. The summed E-state index contributed by atoms with van der Waals surface area (Å²) >= 11 is 0. The van der Waals surface area contributed by atoms with E-state index in [1.165, 1.54) is 18.2 Å². The molecule has 0 radical (unpaired) electrons. The van der Waals surface area contributed by atoms with Crippen LogP contribution in [0.25, 0.3) is 0 Å². The van der Waals surface area contributed by atoms with Crippen LogP contribution in [-0.4, -0.2) is 36.6 Å². The highest BCUT2D eigenvalue weighted by Gasteiger charge is 2.15. The van der Waals surface area contributed by atoms with Crippen molar-refractivity contribution in [1.82, 2.24) is 5.32 Å². The maximum Gasteiger partial charge on any atom is 0.325 e. The first-order valence-electron chi connectivity index (χ1n) is 5.83. The van der Waals surface area contributed by atoms with Gasteiger partial charge in [-0.25, -0.2) is 0 Å². The minimum atomic E-state index is -0.605. The summed E-state index contributed by atoms with van der Waals surface area (Å²) in [6, 6.07) is 5.70. The van der Waals surface area contributed by atoms with Gasteiger partial charge in [-0.05, 0) is 13.0 Å². The van der Waals surface area contributed by atoms with Crippen molar-refractivity contribution < 1.29 is 24.0 Å². The van der Waals surface area contributed by atoms with Crippen LogP contribution in [0.4, 0.5) is 5.69 Å². The second kappa shape index (κ2) is 7.72. The summed E-state index contributed by atoms with van der Waals surface area (Å²) in [6.07, 6.45) is 0. The Bertz CT molecular complexity index is 502. The van der Waals surface area contributed by atoms with Crippen molar-refractivity contribution in [2.45, 2.75) is 6.92 Å². The maximum absolute atomic E-state index is 11.4. The third-order valence-corrected chi connectivity index (χ3v) is 2.16. The second-order valence-electron chi connectivity index (χ2n) is 3.60. The van der Waals surface area contributed by atoms with Gasteiger partial charge in [-0.15, -0.1) is 0 Å². The molecule has 8 nitrogen and oxygen atoms in total. The molecule has 0 saturated heterocycles. The van der Waals surface area contributed by atoms with Gasteiger partial charge in [0.1, 0.15) is 6.54 Å². The van der Waals surface area contributed by atoms with E-state index in [-0.39, 0.29) is 24.6 Å². The first-order valence-corrected chi connectivity index (χ1v) is 5.83. The summed E-state index contributed by atoms with van der Waals surface area (Å²) in [5.41, 5.74) is -0.231. The molecular weight excluding hydrogens is 268 g/mol. The van der Waals surface area contributed by atoms with Gasteiger partial charge in [0.2, 0.25) is 0 Å². The van der Waals surface area contributed by atoms with Crippen LogP contribution in [0.15, 0.2) is 24.3 Å². The number of nitro benzene ring substituents is 1. The van der Waals surface area contributed by atoms with E-state index in [0.29, 0.717) is 0 Å². The lowest BCUT2D eigenvalue weighted by Gasteiger charge is -2.07. The molecule has 20 heavy (non-hydrogen) atoms. The normalized spacial score (nSPS) is 9.65. The number of carbonyl (C=O) groups excluding carboxylic acids is 2. The minimum Gasteiger partial charge on any atom is -0.477 e. The van der Waals surface area contributed by atoms with Crippen LogP contribution in [0.3, 0.4) is 0 Å². The standard InChI is InChI=1S/C12H14N2O6/c1-2-19-12(16)7-13-11(15)8-20-10-6-4-3-5-9(10)14(17)18/h3-6H,2,7-8H2,1H3,(H,13,15). The topological polar surface area (TPSA) is 108 Å². The average molecular weight is 282 g/mol. The highest BCUT2D eigenvalue weighted by atomic mass is 16.6. The van der Waals surface area contributed by atoms with Crippen LogP contribution in [0.2, 0.25) is 0 Å². The summed E-state index contributed by atoms with van der Waals surface area (Å²) < 4.78 is 9.67. The highest BCUT2D eigenvalue weighted by molar-refractivity contribution is 5.82. The van der Waals surface area contributed by atoms with E-state index in [1.54, 1.807) is 13.0 Å². The highest BCUT2D eigenvalue weighted by Crippen LogP contribution is 2.25. The third-order valence-electron chi connectivity index (χ3n) is 2.16. The number of rotatable bonds is 7. The predicted molar refractivity (Wildman–Crippen MR) is 68.2 cm³/mol.